The Balaban J connectivity index is 1.81. The molecule has 0 spiro atoms. The van der Waals surface area contributed by atoms with Crippen LogP contribution in [-0.4, -0.2) is 43.1 Å². The lowest BCUT2D eigenvalue weighted by Gasteiger charge is -2.44. The van der Waals surface area contributed by atoms with E-state index in [0.717, 1.165) is 36.6 Å². The van der Waals surface area contributed by atoms with E-state index in [1.54, 1.807) is 14.0 Å². The van der Waals surface area contributed by atoms with Crippen LogP contribution in [0.4, 0.5) is 0 Å². The SMILES string of the molecule is COc1ccc(C(C)=O)cc1CN1CCO[C@H]2CCCC[C@@H]21. The second kappa shape index (κ2) is 6.80. The summed E-state index contributed by atoms with van der Waals surface area (Å²) in [5.74, 6) is 0.963. The number of carbonyl (C=O) groups excluding carboxylic acids is 1. The standard InChI is InChI=1S/C18H25NO3/c1-13(20)14-7-8-17(21-2)15(11-14)12-19-9-10-22-18-6-4-3-5-16(18)19/h7-8,11,16,18H,3-6,9-10,12H2,1-2H3/t16-,18-/m0/s1. The van der Waals surface area contributed by atoms with E-state index in [4.69, 9.17) is 9.47 Å². The van der Waals surface area contributed by atoms with Crippen LogP contribution in [0.25, 0.3) is 0 Å². The number of nitrogens with zero attached hydrogens (tertiary/aromatic N) is 1. The van der Waals surface area contributed by atoms with E-state index < -0.39 is 0 Å². The maximum atomic E-state index is 11.6. The molecule has 120 valence electrons. The van der Waals surface area contributed by atoms with Gasteiger partial charge in [0.25, 0.3) is 0 Å². The molecule has 1 heterocycles. The largest absolute Gasteiger partial charge is 0.496 e. The summed E-state index contributed by atoms with van der Waals surface area (Å²) in [4.78, 5) is 14.2. The van der Waals surface area contributed by atoms with Crippen molar-refractivity contribution < 1.29 is 14.3 Å². The number of ketones is 1. The Morgan fingerprint density at radius 2 is 2.18 bits per heavy atom. The first kappa shape index (κ1) is 15.5. The summed E-state index contributed by atoms with van der Waals surface area (Å²) >= 11 is 0. The fourth-order valence-electron chi connectivity index (χ4n) is 3.71. The lowest BCUT2D eigenvalue weighted by molar-refractivity contribution is -0.0912. The molecule has 1 saturated carbocycles. The lowest BCUT2D eigenvalue weighted by atomic mass is 9.89. The van der Waals surface area contributed by atoms with E-state index >= 15 is 0 Å². The second-order valence-electron chi connectivity index (χ2n) is 6.31. The molecular weight excluding hydrogens is 278 g/mol. The fourth-order valence-corrected chi connectivity index (χ4v) is 3.71. The fraction of sp³-hybridized carbons (Fsp3) is 0.611. The summed E-state index contributed by atoms with van der Waals surface area (Å²) in [7, 11) is 1.69. The summed E-state index contributed by atoms with van der Waals surface area (Å²) in [5, 5.41) is 0. The van der Waals surface area contributed by atoms with Crippen molar-refractivity contribution in [2.45, 2.75) is 51.3 Å². The predicted molar refractivity (Wildman–Crippen MR) is 85.4 cm³/mol. The molecule has 2 aliphatic rings. The van der Waals surface area contributed by atoms with Crippen molar-refractivity contribution in [3.8, 4) is 5.75 Å². The smallest absolute Gasteiger partial charge is 0.159 e. The highest BCUT2D eigenvalue weighted by Crippen LogP contribution is 2.31. The molecule has 4 nitrogen and oxygen atoms in total. The molecular formula is C18H25NO3. The molecule has 0 unspecified atom stereocenters. The van der Waals surface area contributed by atoms with Crippen LogP contribution in [-0.2, 0) is 11.3 Å². The Morgan fingerprint density at radius 1 is 1.36 bits per heavy atom. The van der Waals surface area contributed by atoms with Crippen LogP contribution in [0, 0.1) is 0 Å². The number of rotatable bonds is 4. The van der Waals surface area contributed by atoms with Crippen LogP contribution in [0.15, 0.2) is 18.2 Å². The molecule has 2 fully saturated rings. The summed E-state index contributed by atoms with van der Waals surface area (Å²) in [6.45, 7) is 4.19. The van der Waals surface area contributed by atoms with Gasteiger partial charge in [-0.15, -0.1) is 0 Å². The minimum atomic E-state index is 0.0985. The first-order valence-corrected chi connectivity index (χ1v) is 8.22. The number of benzene rings is 1. The van der Waals surface area contributed by atoms with Gasteiger partial charge < -0.3 is 9.47 Å². The average Bonchev–Trinajstić information content (AvgIpc) is 2.55. The first-order chi connectivity index (χ1) is 10.7. The van der Waals surface area contributed by atoms with Crippen LogP contribution >= 0.6 is 0 Å². The van der Waals surface area contributed by atoms with E-state index in [0.29, 0.717) is 12.1 Å². The van der Waals surface area contributed by atoms with Crippen molar-refractivity contribution in [3.05, 3.63) is 29.3 Å². The predicted octanol–water partition coefficient (Wildman–Crippen LogP) is 3.04. The van der Waals surface area contributed by atoms with Crippen LogP contribution in [0.3, 0.4) is 0 Å². The molecule has 1 aliphatic carbocycles. The third kappa shape index (κ3) is 3.18. The van der Waals surface area contributed by atoms with Gasteiger partial charge >= 0.3 is 0 Å². The Kier molecular flexibility index (Phi) is 4.79. The van der Waals surface area contributed by atoms with Gasteiger partial charge in [-0.25, -0.2) is 0 Å². The van der Waals surface area contributed by atoms with Gasteiger partial charge in [-0.3, -0.25) is 9.69 Å². The van der Waals surface area contributed by atoms with E-state index in [9.17, 15) is 4.79 Å². The van der Waals surface area contributed by atoms with Gasteiger partial charge in [-0.1, -0.05) is 12.8 Å². The molecule has 1 aromatic rings. The minimum Gasteiger partial charge on any atom is -0.496 e. The van der Waals surface area contributed by atoms with Gasteiger partial charge in [0.15, 0.2) is 5.78 Å². The number of methoxy groups -OCH3 is 1. The van der Waals surface area contributed by atoms with Crippen molar-refractivity contribution in [1.29, 1.82) is 0 Å². The highest BCUT2D eigenvalue weighted by molar-refractivity contribution is 5.94. The Hall–Kier alpha value is -1.39. The zero-order valence-electron chi connectivity index (χ0n) is 13.5. The van der Waals surface area contributed by atoms with Crippen LogP contribution in [0.2, 0.25) is 0 Å². The van der Waals surface area contributed by atoms with E-state index in [1.807, 2.05) is 18.2 Å². The summed E-state index contributed by atoms with van der Waals surface area (Å²) < 4.78 is 11.4. The normalized spacial score (nSPS) is 25.5. The van der Waals surface area contributed by atoms with Crippen molar-refractivity contribution >= 4 is 5.78 Å². The van der Waals surface area contributed by atoms with Crippen molar-refractivity contribution in [2.24, 2.45) is 0 Å². The average molecular weight is 303 g/mol. The number of carbonyl (C=O) groups is 1. The molecule has 0 bridgehead atoms. The third-order valence-corrected chi connectivity index (χ3v) is 4.91. The Morgan fingerprint density at radius 3 is 2.95 bits per heavy atom. The number of morpholine rings is 1. The summed E-state index contributed by atoms with van der Waals surface area (Å²) in [6.07, 6.45) is 5.32. The molecule has 3 rings (SSSR count). The molecule has 0 aromatic heterocycles. The third-order valence-electron chi connectivity index (χ3n) is 4.91. The molecule has 0 radical (unpaired) electrons. The Labute approximate surface area is 132 Å². The molecule has 0 N–H and O–H groups in total. The maximum absolute atomic E-state index is 11.6. The van der Waals surface area contributed by atoms with Gasteiger partial charge in [-0.2, -0.15) is 0 Å². The van der Waals surface area contributed by atoms with E-state index in [-0.39, 0.29) is 5.78 Å². The summed E-state index contributed by atoms with van der Waals surface area (Å²) in [5.41, 5.74) is 1.85. The van der Waals surface area contributed by atoms with Gasteiger partial charge in [0.2, 0.25) is 0 Å². The molecule has 1 saturated heterocycles. The van der Waals surface area contributed by atoms with Crippen molar-refractivity contribution in [2.75, 3.05) is 20.3 Å². The zero-order valence-corrected chi connectivity index (χ0v) is 13.5. The number of ether oxygens (including phenoxy) is 2. The van der Waals surface area contributed by atoms with Crippen LogP contribution in [0.5, 0.6) is 5.75 Å². The van der Waals surface area contributed by atoms with E-state index in [2.05, 4.69) is 4.90 Å². The molecule has 0 amide bonds. The highest BCUT2D eigenvalue weighted by Gasteiger charge is 2.34. The van der Waals surface area contributed by atoms with Crippen molar-refractivity contribution in [1.82, 2.24) is 4.90 Å². The number of Topliss-reactive ketones (excluding diaryl/α,β-unsaturated/α-hetero) is 1. The molecule has 2 atom stereocenters. The van der Waals surface area contributed by atoms with Crippen LogP contribution < -0.4 is 4.74 Å². The van der Waals surface area contributed by atoms with Gasteiger partial charge in [0.05, 0.1) is 19.8 Å². The number of hydrogen-bond donors (Lipinski definition) is 0. The van der Waals surface area contributed by atoms with Gasteiger partial charge in [0.1, 0.15) is 5.75 Å². The number of hydrogen-bond acceptors (Lipinski definition) is 4. The minimum absolute atomic E-state index is 0.0985. The monoisotopic (exact) mass is 303 g/mol. The molecule has 4 heteroatoms. The lowest BCUT2D eigenvalue weighted by Crippen LogP contribution is -2.52. The van der Waals surface area contributed by atoms with Gasteiger partial charge in [-0.05, 0) is 38.0 Å². The van der Waals surface area contributed by atoms with Gasteiger partial charge in [0, 0.05) is 30.3 Å². The molecule has 1 aromatic carbocycles. The van der Waals surface area contributed by atoms with Crippen molar-refractivity contribution in [3.63, 3.8) is 0 Å². The first-order valence-electron chi connectivity index (χ1n) is 8.22. The summed E-state index contributed by atoms with van der Waals surface area (Å²) in [6, 6.07) is 6.24. The molecule has 22 heavy (non-hydrogen) atoms. The second-order valence-corrected chi connectivity index (χ2v) is 6.31. The van der Waals surface area contributed by atoms with E-state index in [1.165, 1.54) is 25.7 Å². The zero-order chi connectivity index (χ0) is 15.5. The quantitative estimate of drug-likeness (QED) is 0.801. The van der Waals surface area contributed by atoms with Crippen LogP contribution in [0.1, 0.15) is 48.5 Å². The topological polar surface area (TPSA) is 38.8 Å². The number of fused-ring (bicyclic) bond motifs is 1. The maximum Gasteiger partial charge on any atom is 0.159 e. The highest BCUT2D eigenvalue weighted by atomic mass is 16.5. The molecule has 1 aliphatic heterocycles. The Bertz CT molecular complexity index is 541.